The van der Waals surface area contributed by atoms with Crippen LogP contribution in [0.3, 0.4) is 0 Å². The van der Waals surface area contributed by atoms with Gasteiger partial charge in [0.15, 0.2) is 0 Å². The second-order valence-electron chi connectivity index (χ2n) is 4.28. The Balaban J connectivity index is 2.19. The molecule has 0 bridgehead atoms. The zero-order valence-corrected chi connectivity index (χ0v) is 9.68. The molecule has 0 aromatic carbocycles. The van der Waals surface area contributed by atoms with Gasteiger partial charge in [0, 0.05) is 6.04 Å². The quantitative estimate of drug-likeness (QED) is 0.849. The van der Waals surface area contributed by atoms with Crippen molar-refractivity contribution in [2.24, 2.45) is 5.41 Å². The minimum absolute atomic E-state index is 0.152. The van der Waals surface area contributed by atoms with Crippen LogP contribution in [0.15, 0.2) is 15.6 Å². The monoisotopic (exact) mass is 257 g/mol. The smallest absolute Gasteiger partial charge is 0.267 e. The first-order chi connectivity index (χ1) is 6.50. The van der Waals surface area contributed by atoms with E-state index < -0.39 is 0 Å². The second-order valence-corrected chi connectivity index (χ2v) is 5.08. The number of nitrogens with one attached hydrogen (secondary N) is 2. The maximum absolute atomic E-state index is 11.2. The van der Waals surface area contributed by atoms with Crippen LogP contribution in [-0.2, 0) is 0 Å². The van der Waals surface area contributed by atoms with Gasteiger partial charge in [0.25, 0.3) is 5.56 Å². The van der Waals surface area contributed by atoms with Crippen LogP contribution in [0.1, 0.15) is 20.3 Å². The zero-order valence-electron chi connectivity index (χ0n) is 8.10. The highest BCUT2D eigenvalue weighted by Gasteiger charge is 2.46. The van der Waals surface area contributed by atoms with Crippen molar-refractivity contribution < 1.29 is 0 Å². The van der Waals surface area contributed by atoms with E-state index in [1.54, 1.807) is 0 Å². The van der Waals surface area contributed by atoms with E-state index >= 15 is 0 Å². The molecule has 1 aromatic heterocycles. The highest BCUT2D eigenvalue weighted by Crippen LogP contribution is 2.46. The van der Waals surface area contributed by atoms with Crippen molar-refractivity contribution in [2.45, 2.75) is 26.3 Å². The highest BCUT2D eigenvalue weighted by atomic mass is 79.9. The van der Waals surface area contributed by atoms with Crippen LogP contribution in [0.5, 0.6) is 0 Å². The van der Waals surface area contributed by atoms with Crippen LogP contribution < -0.4 is 10.9 Å². The molecule has 1 atom stereocenters. The van der Waals surface area contributed by atoms with Crippen molar-refractivity contribution in [3.05, 3.63) is 21.2 Å². The first-order valence-electron chi connectivity index (χ1n) is 4.50. The Morgan fingerprint density at radius 2 is 2.36 bits per heavy atom. The molecule has 0 radical (unpaired) electrons. The fraction of sp³-hybridized carbons (Fsp3) is 0.556. The molecule has 1 unspecified atom stereocenters. The Hall–Kier alpha value is -0.840. The van der Waals surface area contributed by atoms with E-state index in [0.717, 1.165) is 6.42 Å². The second kappa shape index (κ2) is 3.08. The summed E-state index contributed by atoms with van der Waals surface area (Å²) in [7, 11) is 0. The molecular formula is C9H12BrN3O. The molecule has 1 aliphatic rings. The molecule has 76 valence electrons. The number of anilines is 1. The molecule has 1 aliphatic carbocycles. The lowest BCUT2D eigenvalue weighted by atomic mass is 10.2. The normalized spacial score (nSPS) is 23.2. The Morgan fingerprint density at radius 1 is 1.71 bits per heavy atom. The molecule has 2 rings (SSSR count). The van der Waals surface area contributed by atoms with Gasteiger partial charge in [-0.3, -0.25) is 4.79 Å². The number of aromatic nitrogens is 2. The molecule has 1 heterocycles. The number of hydrogen-bond acceptors (Lipinski definition) is 3. The lowest BCUT2D eigenvalue weighted by molar-refractivity contribution is 0.629. The fourth-order valence-electron chi connectivity index (χ4n) is 1.36. The SMILES string of the molecule is CC1(C)CC1Nc1nc[nH]c(=O)c1Br. The van der Waals surface area contributed by atoms with Gasteiger partial charge in [-0.05, 0) is 27.8 Å². The number of aromatic amines is 1. The average Bonchev–Trinajstić information content (AvgIpc) is 2.68. The number of H-pyrrole nitrogens is 1. The van der Waals surface area contributed by atoms with E-state index in [-0.39, 0.29) is 5.56 Å². The number of rotatable bonds is 2. The van der Waals surface area contributed by atoms with Gasteiger partial charge in [0.1, 0.15) is 10.3 Å². The predicted molar refractivity (Wildman–Crippen MR) is 58.4 cm³/mol. The maximum atomic E-state index is 11.2. The van der Waals surface area contributed by atoms with E-state index in [1.165, 1.54) is 6.33 Å². The third-order valence-electron chi connectivity index (χ3n) is 2.62. The maximum Gasteiger partial charge on any atom is 0.267 e. The summed E-state index contributed by atoms with van der Waals surface area (Å²) >= 11 is 3.21. The van der Waals surface area contributed by atoms with Crippen molar-refractivity contribution in [3.8, 4) is 0 Å². The van der Waals surface area contributed by atoms with Crippen LogP contribution >= 0.6 is 15.9 Å². The van der Waals surface area contributed by atoms with E-state index in [2.05, 4.69) is 45.1 Å². The average molecular weight is 258 g/mol. The first kappa shape index (κ1) is 9.71. The van der Waals surface area contributed by atoms with Gasteiger partial charge >= 0.3 is 0 Å². The molecule has 4 nitrogen and oxygen atoms in total. The van der Waals surface area contributed by atoms with Gasteiger partial charge in [-0.15, -0.1) is 0 Å². The lowest BCUT2D eigenvalue weighted by Gasteiger charge is -2.07. The third-order valence-corrected chi connectivity index (χ3v) is 3.36. The fourth-order valence-corrected chi connectivity index (χ4v) is 1.69. The lowest BCUT2D eigenvalue weighted by Crippen LogP contribution is -2.15. The van der Waals surface area contributed by atoms with Gasteiger partial charge in [-0.1, -0.05) is 13.8 Å². The topological polar surface area (TPSA) is 57.8 Å². The molecule has 1 aromatic rings. The summed E-state index contributed by atoms with van der Waals surface area (Å²) in [5.41, 5.74) is 0.171. The molecule has 14 heavy (non-hydrogen) atoms. The van der Waals surface area contributed by atoms with Crippen LogP contribution in [0.25, 0.3) is 0 Å². The largest absolute Gasteiger partial charge is 0.366 e. The van der Waals surface area contributed by atoms with E-state index in [9.17, 15) is 4.79 Å². The van der Waals surface area contributed by atoms with Crippen LogP contribution in [0.2, 0.25) is 0 Å². The summed E-state index contributed by atoms with van der Waals surface area (Å²) in [5, 5.41) is 3.24. The Bertz CT molecular complexity index is 413. The first-order valence-corrected chi connectivity index (χ1v) is 5.30. The summed E-state index contributed by atoms with van der Waals surface area (Å²) in [4.78, 5) is 17.8. The molecule has 0 spiro atoms. The standard InChI is InChI=1S/C9H12BrN3O/c1-9(2)3-5(9)13-7-6(10)8(14)12-4-11-7/h4-5H,3H2,1-2H3,(H2,11,12,13,14). The summed E-state index contributed by atoms with van der Waals surface area (Å²) in [6.07, 6.45) is 2.53. The van der Waals surface area contributed by atoms with Crippen molar-refractivity contribution in [3.63, 3.8) is 0 Å². The summed E-state index contributed by atoms with van der Waals surface area (Å²) in [6.45, 7) is 4.37. The van der Waals surface area contributed by atoms with Gasteiger partial charge in [0.2, 0.25) is 0 Å². The minimum Gasteiger partial charge on any atom is -0.366 e. The van der Waals surface area contributed by atoms with E-state index in [1.807, 2.05) is 0 Å². The summed E-state index contributed by atoms with van der Waals surface area (Å²) < 4.78 is 0.475. The van der Waals surface area contributed by atoms with Gasteiger partial charge in [-0.2, -0.15) is 0 Å². The summed E-state index contributed by atoms with van der Waals surface area (Å²) in [6, 6.07) is 0.424. The number of nitrogens with zero attached hydrogens (tertiary/aromatic N) is 1. The van der Waals surface area contributed by atoms with E-state index in [0.29, 0.717) is 21.7 Å². The highest BCUT2D eigenvalue weighted by molar-refractivity contribution is 9.10. The van der Waals surface area contributed by atoms with Crippen molar-refractivity contribution >= 4 is 21.7 Å². The predicted octanol–water partition coefficient (Wildman–Crippen LogP) is 1.74. The molecule has 0 saturated heterocycles. The van der Waals surface area contributed by atoms with Crippen LogP contribution in [-0.4, -0.2) is 16.0 Å². The van der Waals surface area contributed by atoms with Crippen molar-refractivity contribution in [1.29, 1.82) is 0 Å². The van der Waals surface area contributed by atoms with Crippen LogP contribution in [0, 0.1) is 5.41 Å². The van der Waals surface area contributed by atoms with Crippen molar-refractivity contribution in [2.75, 3.05) is 5.32 Å². The van der Waals surface area contributed by atoms with E-state index in [4.69, 9.17) is 0 Å². The van der Waals surface area contributed by atoms with Gasteiger partial charge < -0.3 is 10.3 Å². The van der Waals surface area contributed by atoms with Gasteiger partial charge in [0.05, 0.1) is 6.33 Å². The molecular weight excluding hydrogens is 246 g/mol. The summed E-state index contributed by atoms with van der Waals surface area (Å²) in [5.74, 6) is 0.629. The molecule has 1 saturated carbocycles. The molecule has 5 heteroatoms. The zero-order chi connectivity index (χ0) is 10.3. The molecule has 2 N–H and O–H groups in total. The van der Waals surface area contributed by atoms with Crippen LogP contribution in [0.4, 0.5) is 5.82 Å². The molecule has 0 amide bonds. The minimum atomic E-state index is -0.152. The van der Waals surface area contributed by atoms with Gasteiger partial charge in [-0.25, -0.2) is 4.98 Å². The Labute approximate surface area is 90.3 Å². The Morgan fingerprint density at radius 3 is 2.93 bits per heavy atom. The molecule has 0 aliphatic heterocycles. The Kier molecular flexibility index (Phi) is 2.14. The third kappa shape index (κ3) is 1.68. The van der Waals surface area contributed by atoms with Crippen molar-refractivity contribution in [1.82, 2.24) is 9.97 Å². The number of hydrogen-bond donors (Lipinski definition) is 2. The number of halogens is 1. The molecule has 1 fully saturated rings.